The molecule has 0 aliphatic carbocycles. The summed E-state index contributed by atoms with van der Waals surface area (Å²) in [5.74, 6) is 2.29. The maximum Gasteiger partial charge on any atom is 0.263 e. The first kappa shape index (κ1) is 19.2. The molecule has 0 aromatic carbocycles. The highest BCUT2D eigenvalue weighted by molar-refractivity contribution is 7.99. The molecule has 1 aromatic rings. The number of hydrogen-bond donors (Lipinski definition) is 0. The molecular weight excluding hydrogens is 390 g/mol. The van der Waals surface area contributed by atoms with E-state index in [-0.39, 0.29) is 34.8 Å². The molecule has 0 radical (unpaired) electrons. The van der Waals surface area contributed by atoms with E-state index in [1.807, 2.05) is 29.7 Å². The van der Waals surface area contributed by atoms with E-state index in [2.05, 4.69) is 0 Å². The van der Waals surface area contributed by atoms with Crippen molar-refractivity contribution in [3.63, 3.8) is 0 Å². The van der Waals surface area contributed by atoms with E-state index in [4.69, 9.17) is 4.74 Å². The zero-order valence-corrected chi connectivity index (χ0v) is 17.6. The molecule has 5 rings (SSSR count). The summed E-state index contributed by atoms with van der Waals surface area (Å²) in [6.07, 6.45) is 0.993. The minimum absolute atomic E-state index is 0.143. The molecule has 29 heavy (non-hydrogen) atoms. The maximum atomic E-state index is 13.2. The molecule has 156 valence electrons. The molecule has 5 heterocycles. The van der Waals surface area contributed by atoms with Crippen molar-refractivity contribution in [1.82, 2.24) is 14.4 Å². The lowest BCUT2D eigenvalue weighted by Crippen LogP contribution is -2.58. The molecule has 2 atom stereocenters. The van der Waals surface area contributed by atoms with Crippen LogP contribution in [0, 0.1) is 11.3 Å². The predicted octanol–water partition coefficient (Wildman–Crippen LogP) is 1.02. The number of rotatable bonds is 2. The first-order chi connectivity index (χ1) is 14.0. The zero-order valence-electron chi connectivity index (χ0n) is 16.8. The van der Waals surface area contributed by atoms with Crippen LogP contribution in [0.5, 0.6) is 0 Å². The lowest BCUT2D eigenvalue weighted by Gasteiger charge is -2.47. The smallest absolute Gasteiger partial charge is 0.263 e. The molecule has 0 spiro atoms. The molecule has 2 bridgehead atoms. The van der Waals surface area contributed by atoms with Gasteiger partial charge in [-0.3, -0.25) is 14.4 Å². The second-order valence-electron chi connectivity index (χ2n) is 9.05. The number of carbonyl (C=O) groups excluding carboxylic acids is 2. The third kappa shape index (κ3) is 3.20. The summed E-state index contributed by atoms with van der Waals surface area (Å²) >= 11 is 1.84. The molecule has 3 fully saturated rings. The van der Waals surface area contributed by atoms with Gasteiger partial charge in [0.1, 0.15) is 5.56 Å². The van der Waals surface area contributed by atoms with Crippen LogP contribution in [0.4, 0.5) is 0 Å². The van der Waals surface area contributed by atoms with Crippen molar-refractivity contribution in [2.24, 2.45) is 11.3 Å². The number of piperidine rings is 1. The van der Waals surface area contributed by atoms with E-state index in [1.165, 1.54) is 0 Å². The molecule has 2 amide bonds. The Morgan fingerprint density at radius 1 is 1.10 bits per heavy atom. The number of amides is 2. The average Bonchev–Trinajstić information content (AvgIpc) is 2.72. The van der Waals surface area contributed by atoms with Crippen LogP contribution >= 0.6 is 11.8 Å². The van der Waals surface area contributed by atoms with E-state index < -0.39 is 5.41 Å². The topological polar surface area (TPSA) is 71.9 Å². The van der Waals surface area contributed by atoms with E-state index in [9.17, 15) is 14.4 Å². The van der Waals surface area contributed by atoms with Gasteiger partial charge in [-0.15, -0.1) is 0 Å². The average molecular weight is 418 g/mol. The Morgan fingerprint density at radius 2 is 1.86 bits per heavy atom. The third-order valence-electron chi connectivity index (χ3n) is 6.78. The molecule has 1 aromatic heterocycles. The Hall–Kier alpha value is -1.80. The van der Waals surface area contributed by atoms with Crippen molar-refractivity contribution in [3.8, 4) is 0 Å². The van der Waals surface area contributed by atoms with Crippen molar-refractivity contribution >= 4 is 23.6 Å². The van der Waals surface area contributed by atoms with Crippen LogP contribution in [0.25, 0.3) is 0 Å². The predicted molar refractivity (Wildman–Crippen MR) is 110 cm³/mol. The van der Waals surface area contributed by atoms with E-state index in [0.717, 1.165) is 23.6 Å². The van der Waals surface area contributed by atoms with Gasteiger partial charge in [-0.1, -0.05) is 0 Å². The van der Waals surface area contributed by atoms with Crippen LogP contribution in [0.2, 0.25) is 0 Å². The minimum atomic E-state index is -0.395. The monoisotopic (exact) mass is 417 g/mol. The number of fused-ring (bicyclic) bond motifs is 4. The summed E-state index contributed by atoms with van der Waals surface area (Å²) < 4.78 is 7.08. The lowest BCUT2D eigenvalue weighted by atomic mass is 9.80. The molecule has 3 saturated heterocycles. The van der Waals surface area contributed by atoms with Crippen LogP contribution in [-0.2, 0) is 16.1 Å². The largest absolute Gasteiger partial charge is 0.379 e. The first-order valence-electron chi connectivity index (χ1n) is 10.4. The number of likely N-dealkylation sites (tertiary alicyclic amines) is 1. The Bertz CT molecular complexity index is 904. The van der Waals surface area contributed by atoms with Crippen LogP contribution in [0.3, 0.4) is 0 Å². The number of aromatic nitrogens is 1. The van der Waals surface area contributed by atoms with Gasteiger partial charge in [0.2, 0.25) is 5.91 Å². The molecule has 0 N–H and O–H groups in total. The van der Waals surface area contributed by atoms with Gasteiger partial charge in [-0.05, 0) is 31.4 Å². The van der Waals surface area contributed by atoms with Gasteiger partial charge in [0.25, 0.3) is 11.5 Å². The van der Waals surface area contributed by atoms with Gasteiger partial charge in [0.05, 0.1) is 18.6 Å². The van der Waals surface area contributed by atoms with Crippen LogP contribution in [-0.4, -0.2) is 77.1 Å². The van der Waals surface area contributed by atoms with Crippen LogP contribution < -0.4 is 5.56 Å². The molecule has 4 aliphatic rings. The van der Waals surface area contributed by atoms with Gasteiger partial charge >= 0.3 is 0 Å². The van der Waals surface area contributed by atoms with Gasteiger partial charge < -0.3 is 19.1 Å². The first-order valence-corrected chi connectivity index (χ1v) is 11.6. The second-order valence-corrected chi connectivity index (χ2v) is 10.3. The van der Waals surface area contributed by atoms with E-state index in [0.29, 0.717) is 45.9 Å². The van der Waals surface area contributed by atoms with Crippen molar-refractivity contribution in [2.75, 3.05) is 50.9 Å². The summed E-state index contributed by atoms with van der Waals surface area (Å²) in [4.78, 5) is 42.8. The van der Waals surface area contributed by atoms with E-state index in [1.54, 1.807) is 15.5 Å². The molecule has 4 aliphatic heterocycles. The quantitative estimate of drug-likeness (QED) is 0.719. The second kappa shape index (κ2) is 7.16. The summed E-state index contributed by atoms with van der Waals surface area (Å²) in [5.41, 5.74) is 0.686. The highest BCUT2D eigenvalue weighted by Crippen LogP contribution is 2.38. The summed E-state index contributed by atoms with van der Waals surface area (Å²) in [5, 5.41) is 0. The maximum absolute atomic E-state index is 13.2. The SMILES string of the molecule is CC1(C(=O)N2C[C@@H]3C[C@H](C2)c2ccc(C(=O)N4CCSCC4)c(=O)n2C3)COC1. The lowest BCUT2D eigenvalue weighted by molar-refractivity contribution is -0.171. The van der Waals surface area contributed by atoms with Crippen LogP contribution in [0.15, 0.2) is 16.9 Å². The van der Waals surface area contributed by atoms with Gasteiger partial charge in [-0.25, -0.2) is 0 Å². The number of ether oxygens (including phenoxy) is 1. The Morgan fingerprint density at radius 3 is 2.55 bits per heavy atom. The molecule has 7 nitrogen and oxygen atoms in total. The highest BCUT2D eigenvalue weighted by atomic mass is 32.2. The summed E-state index contributed by atoms with van der Waals surface area (Å²) in [6, 6.07) is 3.65. The number of thioether (sulfide) groups is 1. The molecule has 0 unspecified atom stereocenters. The fourth-order valence-corrected chi connectivity index (χ4v) is 6.03. The number of carbonyl (C=O) groups is 2. The Kier molecular flexibility index (Phi) is 4.74. The highest BCUT2D eigenvalue weighted by Gasteiger charge is 2.46. The Labute approximate surface area is 174 Å². The van der Waals surface area contributed by atoms with Crippen molar-refractivity contribution < 1.29 is 14.3 Å². The van der Waals surface area contributed by atoms with Crippen LogP contribution in [0.1, 0.15) is 35.3 Å². The standard InChI is InChI=1S/C21H27N3O4S/c1-21(12-28-13-21)20(27)23-9-14-8-15(11-23)17-3-2-16(19(26)24(17)10-14)18(25)22-4-6-29-7-5-22/h2-3,14-15H,4-13H2,1H3/t14-,15+/m0/s1. The minimum Gasteiger partial charge on any atom is -0.379 e. The fourth-order valence-electron chi connectivity index (χ4n) is 5.12. The summed E-state index contributed by atoms with van der Waals surface area (Å²) in [7, 11) is 0. The number of hydrogen-bond acceptors (Lipinski definition) is 5. The Balaban J connectivity index is 1.40. The molecule has 8 heteroatoms. The summed E-state index contributed by atoms with van der Waals surface area (Å²) in [6.45, 7) is 6.27. The number of pyridine rings is 1. The van der Waals surface area contributed by atoms with Gasteiger partial charge in [0, 0.05) is 55.8 Å². The normalized spacial score (nSPS) is 27.8. The van der Waals surface area contributed by atoms with Crippen molar-refractivity contribution in [2.45, 2.75) is 25.8 Å². The number of nitrogens with zero attached hydrogens (tertiary/aromatic N) is 3. The van der Waals surface area contributed by atoms with Crippen molar-refractivity contribution in [3.05, 3.63) is 33.7 Å². The zero-order chi connectivity index (χ0) is 20.2. The van der Waals surface area contributed by atoms with Crippen molar-refractivity contribution in [1.29, 1.82) is 0 Å². The molecular formula is C21H27N3O4S. The van der Waals surface area contributed by atoms with E-state index >= 15 is 0 Å². The van der Waals surface area contributed by atoms with Gasteiger partial charge in [-0.2, -0.15) is 11.8 Å². The fraction of sp³-hybridized carbons (Fsp3) is 0.667. The third-order valence-corrected chi connectivity index (χ3v) is 7.72. The molecule has 0 saturated carbocycles. The van der Waals surface area contributed by atoms with Gasteiger partial charge in [0.15, 0.2) is 0 Å².